The van der Waals surface area contributed by atoms with E-state index in [4.69, 9.17) is 15.2 Å². The zero-order chi connectivity index (χ0) is 18.4. The van der Waals surface area contributed by atoms with Crippen LogP contribution in [0.3, 0.4) is 0 Å². The van der Waals surface area contributed by atoms with Crippen LogP contribution in [0, 0.1) is 0 Å². The number of carbonyl (C=O) groups excluding carboxylic acids is 1. The predicted octanol–water partition coefficient (Wildman–Crippen LogP) is 4.00. The average molecular weight is 428 g/mol. The number of hydrogen-bond acceptors (Lipinski definition) is 5. The van der Waals surface area contributed by atoms with Crippen LogP contribution < -0.4 is 20.5 Å². The lowest BCUT2D eigenvalue weighted by atomic mass is 9.98. The van der Waals surface area contributed by atoms with Crippen LogP contribution in [-0.2, 0) is 11.3 Å². The summed E-state index contributed by atoms with van der Waals surface area (Å²) in [6.07, 6.45) is 5.19. The molecule has 6 nitrogen and oxygen atoms in total. The van der Waals surface area contributed by atoms with Crippen molar-refractivity contribution in [2.24, 2.45) is 5.73 Å². The van der Waals surface area contributed by atoms with Crippen molar-refractivity contribution < 1.29 is 14.3 Å². The van der Waals surface area contributed by atoms with Gasteiger partial charge in [0.2, 0.25) is 11.8 Å². The zero-order valence-corrected chi connectivity index (χ0v) is 17.5. The first kappa shape index (κ1) is 24.0. The molecule has 3 rings (SSSR count). The van der Waals surface area contributed by atoms with E-state index in [2.05, 4.69) is 10.3 Å². The van der Waals surface area contributed by atoms with Gasteiger partial charge in [0, 0.05) is 18.8 Å². The van der Waals surface area contributed by atoms with Gasteiger partial charge in [-0.2, -0.15) is 0 Å². The van der Waals surface area contributed by atoms with E-state index in [1.165, 1.54) is 0 Å². The molecule has 3 N–H and O–H groups in total. The van der Waals surface area contributed by atoms with Gasteiger partial charge in [-0.15, -0.1) is 24.8 Å². The minimum absolute atomic E-state index is 0. The molecule has 154 valence electrons. The van der Waals surface area contributed by atoms with Crippen LogP contribution in [0.1, 0.15) is 38.2 Å². The number of carbonyl (C=O) groups is 1. The molecule has 1 aliphatic rings. The number of benzene rings is 1. The van der Waals surface area contributed by atoms with Crippen molar-refractivity contribution >= 4 is 30.7 Å². The highest BCUT2D eigenvalue weighted by molar-refractivity contribution is 5.86. The van der Waals surface area contributed by atoms with E-state index in [1.54, 1.807) is 6.20 Å². The average Bonchev–Trinajstić information content (AvgIpc) is 3.10. The maximum Gasteiger partial charge on any atom is 0.240 e. The molecule has 1 aromatic heterocycles. The zero-order valence-electron chi connectivity index (χ0n) is 15.8. The third-order valence-corrected chi connectivity index (χ3v) is 4.56. The topological polar surface area (TPSA) is 86.5 Å². The Hall–Kier alpha value is -2.02. The summed E-state index contributed by atoms with van der Waals surface area (Å²) in [5, 5.41) is 2.93. The molecule has 1 saturated carbocycles. The number of nitrogens with one attached hydrogen (secondary N) is 1. The van der Waals surface area contributed by atoms with Crippen LogP contribution in [-0.4, -0.2) is 23.0 Å². The molecular formula is C20H27Cl2N3O3. The molecule has 0 aliphatic heterocycles. The van der Waals surface area contributed by atoms with Crippen molar-refractivity contribution in [3.05, 3.63) is 48.2 Å². The van der Waals surface area contributed by atoms with Crippen molar-refractivity contribution in [2.45, 2.75) is 44.7 Å². The second kappa shape index (κ2) is 11.1. The standard InChI is InChI=1S/C20H25N3O3.2ClH/c1-2-25-16-5-7-17(8-6-16)26-18-13-15(9-12-22-18)14-23-19(24)20(21)10-3-4-11-20;;/h5-9,12-13H,2-4,10-11,14,21H2,1H3,(H,23,24);2*1H. The van der Waals surface area contributed by atoms with Crippen molar-refractivity contribution in [1.29, 1.82) is 0 Å². The van der Waals surface area contributed by atoms with Crippen molar-refractivity contribution in [3.8, 4) is 17.4 Å². The number of pyridine rings is 1. The Morgan fingerprint density at radius 2 is 1.79 bits per heavy atom. The summed E-state index contributed by atoms with van der Waals surface area (Å²) >= 11 is 0. The van der Waals surface area contributed by atoms with Gasteiger partial charge >= 0.3 is 0 Å². The van der Waals surface area contributed by atoms with E-state index in [9.17, 15) is 4.79 Å². The van der Waals surface area contributed by atoms with Gasteiger partial charge in [-0.25, -0.2) is 4.98 Å². The van der Waals surface area contributed by atoms with Crippen LogP contribution >= 0.6 is 24.8 Å². The molecular weight excluding hydrogens is 401 g/mol. The largest absolute Gasteiger partial charge is 0.494 e. The highest BCUT2D eigenvalue weighted by Crippen LogP contribution is 2.27. The Kier molecular flexibility index (Phi) is 9.52. The normalized spacial score (nSPS) is 14.4. The maximum absolute atomic E-state index is 12.3. The first-order valence-corrected chi connectivity index (χ1v) is 9.02. The molecule has 8 heteroatoms. The van der Waals surface area contributed by atoms with Gasteiger partial charge in [-0.1, -0.05) is 12.8 Å². The lowest BCUT2D eigenvalue weighted by Crippen LogP contribution is -2.51. The minimum Gasteiger partial charge on any atom is -0.494 e. The molecule has 1 amide bonds. The molecule has 2 aromatic rings. The van der Waals surface area contributed by atoms with E-state index >= 15 is 0 Å². The Labute approximate surface area is 178 Å². The van der Waals surface area contributed by atoms with Crippen molar-refractivity contribution in [1.82, 2.24) is 10.3 Å². The number of aromatic nitrogens is 1. The summed E-state index contributed by atoms with van der Waals surface area (Å²) in [6.45, 7) is 2.97. The quantitative estimate of drug-likeness (QED) is 0.696. The van der Waals surface area contributed by atoms with Crippen LogP contribution in [0.2, 0.25) is 0 Å². The smallest absolute Gasteiger partial charge is 0.240 e. The van der Waals surface area contributed by atoms with Gasteiger partial charge in [-0.3, -0.25) is 4.79 Å². The summed E-state index contributed by atoms with van der Waals surface area (Å²) in [4.78, 5) is 16.5. The van der Waals surface area contributed by atoms with Gasteiger partial charge in [0.05, 0.1) is 12.1 Å². The van der Waals surface area contributed by atoms with Gasteiger partial charge in [0.1, 0.15) is 11.5 Å². The fourth-order valence-corrected chi connectivity index (χ4v) is 3.10. The Balaban J connectivity index is 0.00000196. The molecule has 0 saturated heterocycles. The first-order chi connectivity index (χ1) is 12.6. The van der Waals surface area contributed by atoms with Crippen molar-refractivity contribution in [3.63, 3.8) is 0 Å². The van der Waals surface area contributed by atoms with Crippen LogP contribution in [0.25, 0.3) is 0 Å². The van der Waals surface area contributed by atoms with Gasteiger partial charge < -0.3 is 20.5 Å². The van der Waals surface area contributed by atoms with Crippen LogP contribution in [0.5, 0.6) is 17.4 Å². The number of rotatable bonds is 7. The molecule has 0 bridgehead atoms. The Morgan fingerprint density at radius 1 is 1.14 bits per heavy atom. The van der Waals surface area contributed by atoms with E-state index in [1.807, 2.05) is 43.3 Å². The lowest BCUT2D eigenvalue weighted by Gasteiger charge is -2.22. The van der Waals surface area contributed by atoms with E-state index in [0.717, 1.165) is 37.0 Å². The number of nitrogens with two attached hydrogens (primary N) is 1. The van der Waals surface area contributed by atoms with E-state index in [-0.39, 0.29) is 30.7 Å². The third-order valence-electron chi connectivity index (χ3n) is 4.56. The molecule has 0 spiro atoms. The molecule has 1 heterocycles. The lowest BCUT2D eigenvalue weighted by molar-refractivity contribution is -0.126. The number of halogens is 2. The third kappa shape index (κ3) is 6.26. The second-order valence-corrected chi connectivity index (χ2v) is 6.55. The summed E-state index contributed by atoms with van der Waals surface area (Å²) < 4.78 is 11.2. The molecule has 0 atom stereocenters. The van der Waals surface area contributed by atoms with Crippen LogP contribution in [0.15, 0.2) is 42.6 Å². The highest BCUT2D eigenvalue weighted by Gasteiger charge is 2.36. The first-order valence-electron chi connectivity index (χ1n) is 9.02. The van der Waals surface area contributed by atoms with Crippen molar-refractivity contribution in [2.75, 3.05) is 6.61 Å². The second-order valence-electron chi connectivity index (χ2n) is 6.55. The van der Waals surface area contributed by atoms with Crippen LogP contribution in [0.4, 0.5) is 0 Å². The number of ether oxygens (including phenoxy) is 2. The summed E-state index contributed by atoms with van der Waals surface area (Å²) in [5.74, 6) is 1.87. The molecule has 1 fully saturated rings. The monoisotopic (exact) mass is 427 g/mol. The molecule has 1 aromatic carbocycles. The number of hydrogen-bond donors (Lipinski definition) is 2. The molecule has 0 radical (unpaired) electrons. The van der Waals surface area contributed by atoms with E-state index in [0.29, 0.717) is 24.8 Å². The number of nitrogens with zero attached hydrogens (tertiary/aromatic N) is 1. The Bertz CT molecular complexity index is 751. The molecule has 0 unspecified atom stereocenters. The number of amides is 1. The fraction of sp³-hybridized carbons (Fsp3) is 0.400. The molecule has 1 aliphatic carbocycles. The molecule has 28 heavy (non-hydrogen) atoms. The maximum atomic E-state index is 12.3. The van der Waals surface area contributed by atoms with Gasteiger partial charge in [-0.05, 0) is 55.7 Å². The fourth-order valence-electron chi connectivity index (χ4n) is 3.10. The highest BCUT2D eigenvalue weighted by atomic mass is 35.5. The summed E-state index contributed by atoms with van der Waals surface area (Å²) in [6, 6.07) is 11.0. The summed E-state index contributed by atoms with van der Waals surface area (Å²) in [7, 11) is 0. The predicted molar refractivity (Wildman–Crippen MR) is 114 cm³/mol. The van der Waals surface area contributed by atoms with E-state index < -0.39 is 5.54 Å². The van der Waals surface area contributed by atoms with Gasteiger partial charge in [0.25, 0.3) is 0 Å². The SMILES string of the molecule is CCOc1ccc(Oc2cc(CNC(=O)C3(N)CCCC3)ccn2)cc1.Cl.Cl. The minimum atomic E-state index is -0.714. The Morgan fingerprint density at radius 3 is 2.43 bits per heavy atom. The summed E-state index contributed by atoms with van der Waals surface area (Å²) in [5.41, 5.74) is 6.37. The van der Waals surface area contributed by atoms with Gasteiger partial charge in [0.15, 0.2) is 0 Å².